The van der Waals surface area contributed by atoms with E-state index in [0.717, 1.165) is 53.5 Å². The van der Waals surface area contributed by atoms with Crippen molar-refractivity contribution >= 4 is 46.4 Å². The number of piperidine rings is 1. The molecule has 3 rings (SSSR count). The normalized spacial score (nSPS) is 14.9. The molecule has 24 heavy (non-hydrogen) atoms. The van der Waals surface area contributed by atoms with Gasteiger partial charge in [-0.3, -0.25) is 4.79 Å². The molecule has 0 unspecified atom stereocenters. The number of carbonyl (C=O) groups excluding carboxylic acids is 1. The van der Waals surface area contributed by atoms with E-state index in [1.165, 1.54) is 0 Å². The van der Waals surface area contributed by atoms with E-state index in [2.05, 4.69) is 21.7 Å². The second-order valence-corrected chi connectivity index (χ2v) is 7.37. The number of aryl methyl sites for hydroxylation is 1. The molecule has 1 amide bonds. The zero-order valence-electron chi connectivity index (χ0n) is 13.5. The van der Waals surface area contributed by atoms with Crippen LogP contribution in [0.2, 0.25) is 5.02 Å². The molecule has 0 saturated carbocycles. The molecular weight excluding hydrogens is 365 g/mol. The van der Waals surface area contributed by atoms with Gasteiger partial charge in [0.15, 0.2) is 5.13 Å². The Morgan fingerprint density at radius 1 is 1.42 bits per heavy atom. The van der Waals surface area contributed by atoms with Gasteiger partial charge < -0.3 is 10.6 Å². The van der Waals surface area contributed by atoms with Gasteiger partial charge in [-0.2, -0.15) is 0 Å². The summed E-state index contributed by atoms with van der Waals surface area (Å²) in [5, 5.41) is 7.70. The third-order valence-electron chi connectivity index (χ3n) is 4.09. The van der Waals surface area contributed by atoms with Crippen LogP contribution in [0.15, 0.2) is 24.3 Å². The molecule has 0 aliphatic carbocycles. The smallest absolute Gasteiger partial charge is 0.229 e. The fourth-order valence-electron chi connectivity index (χ4n) is 2.77. The van der Waals surface area contributed by atoms with Gasteiger partial charge in [0, 0.05) is 22.2 Å². The third kappa shape index (κ3) is 4.93. The summed E-state index contributed by atoms with van der Waals surface area (Å²) in [6.07, 6.45) is 2.57. The molecule has 1 aliphatic rings. The number of anilines is 1. The average Bonchev–Trinajstić information content (AvgIpc) is 2.87. The SMILES string of the molecule is Cc1nc(NC(=O)C2CCNCC2)sc1Cc1cccc(Cl)c1.Cl. The standard InChI is InChI=1S/C17H20ClN3OS.ClH/c1-11-15(10-12-3-2-4-14(18)9-12)23-17(20-11)21-16(22)13-5-7-19-8-6-13;/h2-4,9,13,19H,5-8,10H2,1H3,(H,20,21,22);1H. The van der Waals surface area contributed by atoms with Gasteiger partial charge in [-0.1, -0.05) is 23.7 Å². The number of carbonyl (C=O) groups is 1. The van der Waals surface area contributed by atoms with Gasteiger partial charge in [-0.25, -0.2) is 4.98 Å². The van der Waals surface area contributed by atoms with Crippen molar-refractivity contribution in [3.63, 3.8) is 0 Å². The summed E-state index contributed by atoms with van der Waals surface area (Å²) in [6.45, 7) is 3.81. The van der Waals surface area contributed by atoms with Gasteiger partial charge in [0.2, 0.25) is 5.91 Å². The predicted molar refractivity (Wildman–Crippen MR) is 103 cm³/mol. The zero-order chi connectivity index (χ0) is 16.2. The maximum Gasteiger partial charge on any atom is 0.229 e. The molecule has 2 heterocycles. The first-order chi connectivity index (χ1) is 11.1. The Morgan fingerprint density at radius 3 is 2.88 bits per heavy atom. The number of rotatable bonds is 4. The van der Waals surface area contributed by atoms with E-state index in [0.29, 0.717) is 5.13 Å². The second kappa shape index (κ2) is 8.81. The molecule has 2 aromatic rings. The molecule has 7 heteroatoms. The quantitative estimate of drug-likeness (QED) is 0.834. The lowest BCUT2D eigenvalue weighted by molar-refractivity contribution is -0.120. The van der Waals surface area contributed by atoms with Crippen LogP contribution in [0.25, 0.3) is 0 Å². The first kappa shape index (κ1) is 19.2. The van der Waals surface area contributed by atoms with E-state index in [-0.39, 0.29) is 24.2 Å². The Bertz CT molecular complexity index is 699. The highest BCUT2D eigenvalue weighted by molar-refractivity contribution is 7.15. The van der Waals surface area contributed by atoms with Crippen molar-refractivity contribution < 1.29 is 4.79 Å². The summed E-state index contributed by atoms with van der Waals surface area (Å²) in [7, 11) is 0. The van der Waals surface area contributed by atoms with E-state index < -0.39 is 0 Å². The molecular formula is C17H21Cl2N3OS. The Balaban J connectivity index is 0.00000208. The van der Waals surface area contributed by atoms with Crippen molar-refractivity contribution in [3.05, 3.63) is 45.4 Å². The Labute approximate surface area is 157 Å². The molecule has 0 radical (unpaired) electrons. The van der Waals surface area contributed by atoms with Gasteiger partial charge in [0.25, 0.3) is 0 Å². The Kier molecular flexibility index (Phi) is 7.04. The molecule has 1 aliphatic heterocycles. The third-order valence-corrected chi connectivity index (χ3v) is 5.39. The Hall–Kier alpha value is -1.14. The van der Waals surface area contributed by atoms with Gasteiger partial charge in [-0.05, 0) is 50.6 Å². The summed E-state index contributed by atoms with van der Waals surface area (Å²) in [5.41, 5.74) is 2.12. The number of nitrogens with zero attached hydrogens (tertiary/aromatic N) is 1. The molecule has 1 aromatic carbocycles. The number of benzene rings is 1. The highest BCUT2D eigenvalue weighted by Gasteiger charge is 2.22. The lowest BCUT2D eigenvalue weighted by Gasteiger charge is -2.20. The fourth-order valence-corrected chi connectivity index (χ4v) is 3.98. The van der Waals surface area contributed by atoms with E-state index in [4.69, 9.17) is 11.6 Å². The number of hydrogen-bond acceptors (Lipinski definition) is 4. The van der Waals surface area contributed by atoms with Crippen molar-refractivity contribution in [3.8, 4) is 0 Å². The summed E-state index contributed by atoms with van der Waals surface area (Å²) in [5.74, 6) is 0.186. The number of halogens is 2. The van der Waals surface area contributed by atoms with Crippen molar-refractivity contribution in [1.82, 2.24) is 10.3 Å². The molecule has 0 spiro atoms. The fraction of sp³-hybridized carbons (Fsp3) is 0.412. The first-order valence-electron chi connectivity index (χ1n) is 7.84. The van der Waals surface area contributed by atoms with Crippen molar-refractivity contribution in [2.45, 2.75) is 26.2 Å². The summed E-state index contributed by atoms with van der Waals surface area (Å²) in [6, 6.07) is 7.84. The minimum absolute atomic E-state index is 0. The highest BCUT2D eigenvalue weighted by Crippen LogP contribution is 2.27. The van der Waals surface area contributed by atoms with Gasteiger partial charge in [-0.15, -0.1) is 23.7 Å². The molecule has 2 N–H and O–H groups in total. The largest absolute Gasteiger partial charge is 0.317 e. The summed E-state index contributed by atoms with van der Waals surface area (Å²) >= 11 is 7.59. The van der Waals surface area contributed by atoms with E-state index in [1.54, 1.807) is 11.3 Å². The molecule has 4 nitrogen and oxygen atoms in total. The van der Waals surface area contributed by atoms with Gasteiger partial charge >= 0.3 is 0 Å². The minimum atomic E-state index is 0. The predicted octanol–water partition coefficient (Wildman–Crippen LogP) is 4.06. The van der Waals surface area contributed by atoms with Gasteiger partial charge in [0.1, 0.15) is 0 Å². The molecule has 1 aromatic heterocycles. The number of amides is 1. The number of thiazole rings is 1. The van der Waals surface area contributed by atoms with Crippen LogP contribution in [0, 0.1) is 12.8 Å². The van der Waals surface area contributed by atoms with Crippen LogP contribution >= 0.6 is 35.3 Å². The Morgan fingerprint density at radius 2 is 2.17 bits per heavy atom. The average molecular weight is 386 g/mol. The maximum absolute atomic E-state index is 12.3. The number of hydrogen-bond donors (Lipinski definition) is 2. The molecule has 0 atom stereocenters. The molecule has 130 valence electrons. The van der Waals surface area contributed by atoms with E-state index >= 15 is 0 Å². The van der Waals surface area contributed by atoms with Crippen LogP contribution in [0.5, 0.6) is 0 Å². The number of aromatic nitrogens is 1. The van der Waals surface area contributed by atoms with Crippen LogP contribution in [-0.2, 0) is 11.2 Å². The lowest BCUT2D eigenvalue weighted by Crippen LogP contribution is -2.34. The highest BCUT2D eigenvalue weighted by atomic mass is 35.5. The topological polar surface area (TPSA) is 54.0 Å². The van der Waals surface area contributed by atoms with Crippen LogP contribution < -0.4 is 10.6 Å². The minimum Gasteiger partial charge on any atom is -0.317 e. The zero-order valence-corrected chi connectivity index (χ0v) is 15.9. The van der Waals surface area contributed by atoms with Gasteiger partial charge in [0.05, 0.1) is 5.69 Å². The number of nitrogens with one attached hydrogen (secondary N) is 2. The van der Waals surface area contributed by atoms with Crippen LogP contribution in [0.4, 0.5) is 5.13 Å². The van der Waals surface area contributed by atoms with E-state index in [9.17, 15) is 4.79 Å². The maximum atomic E-state index is 12.3. The molecule has 1 fully saturated rings. The molecule has 0 bridgehead atoms. The van der Waals surface area contributed by atoms with Crippen molar-refractivity contribution in [2.75, 3.05) is 18.4 Å². The molecule has 1 saturated heterocycles. The monoisotopic (exact) mass is 385 g/mol. The van der Waals surface area contributed by atoms with Crippen LogP contribution in [0.3, 0.4) is 0 Å². The van der Waals surface area contributed by atoms with Crippen LogP contribution in [-0.4, -0.2) is 24.0 Å². The first-order valence-corrected chi connectivity index (χ1v) is 9.03. The lowest BCUT2D eigenvalue weighted by atomic mass is 9.97. The van der Waals surface area contributed by atoms with E-state index in [1.807, 2.05) is 25.1 Å². The van der Waals surface area contributed by atoms with Crippen molar-refractivity contribution in [2.24, 2.45) is 5.92 Å². The van der Waals surface area contributed by atoms with Crippen LogP contribution in [0.1, 0.15) is 29.0 Å². The summed E-state index contributed by atoms with van der Waals surface area (Å²) in [4.78, 5) is 18.0. The summed E-state index contributed by atoms with van der Waals surface area (Å²) < 4.78 is 0. The second-order valence-electron chi connectivity index (χ2n) is 5.85. The van der Waals surface area contributed by atoms with Crippen molar-refractivity contribution in [1.29, 1.82) is 0 Å².